The Morgan fingerprint density at radius 1 is 0.967 bits per heavy atom. The second-order valence-corrected chi connectivity index (χ2v) is 8.58. The lowest BCUT2D eigenvalue weighted by molar-refractivity contribution is -0.134. The summed E-state index contributed by atoms with van der Waals surface area (Å²) in [4.78, 5) is 11.7. The van der Waals surface area contributed by atoms with E-state index in [2.05, 4.69) is 10.6 Å². The molecule has 1 amide bonds. The Balaban J connectivity index is 1.36. The van der Waals surface area contributed by atoms with Gasteiger partial charge in [0.25, 0.3) is 5.91 Å². The number of benzene rings is 2. The Bertz CT molecular complexity index is 1040. The van der Waals surface area contributed by atoms with E-state index in [0.29, 0.717) is 21.3 Å². The van der Waals surface area contributed by atoms with Gasteiger partial charge in [-0.2, -0.15) is 13.2 Å². The van der Waals surface area contributed by atoms with E-state index in [1.165, 1.54) is 30.3 Å². The fraction of sp³-hybridized carbons (Fsp3) is 0.318. The first-order valence-corrected chi connectivity index (χ1v) is 10.5. The van der Waals surface area contributed by atoms with Gasteiger partial charge in [0.2, 0.25) is 0 Å². The number of rotatable bonds is 4. The number of thiophene rings is 1. The highest BCUT2D eigenvalue weighted by atomic mass is 32.1. The van der Waals surface area contributed by atoms with Gasteiger partial charge >= 0.3 is 6.18 Å². The summed E-state index contributed by atoms with van der Waals surface area (Å²) in [6, 6.07) is 12.0. The van der Waals surface area contributed by atoms with Crippen LogP contribution in [0.25, 0.3) is 10.1 Å². The Labute approximate surface area is 175 Å². The van der Waals surface area contributed by atoms with Gasteiger partial charge in [0.05, 0.1) is 0 Å². The van der Waals surface area contributed by atoms with Crippen molar-refractivity contribution in [3.8, 4) is 0 Å². The van der Waals surface area contributed by atoms with Crippen LogP contribution >= 0.6 is 11.3 Å². The third-order valence-corrected chi connectivity index (χ3v) is 6.51. The molecule has 158 valence electrons. The van der Waals surface area contributed by atoms with Crippen LogP contribution in [-0.2, 0) is 6.18 Å². The molecule has 1 aliphatic carbocycles. The maximum absolute atomic E-state index is 13.0. The largest absolute Gasteiger partial charge is 0.425 e. The van der Waals surface area contributed by atoms with E-state index >= 15 is 0 Å². The van der Waals surface area contributed by atoms with E-state index in [0.717, 1.165) is 37.0 Å². The molecule has 0 radical (unpaired) electrons. The van der Waals surface area contributed by atoms with Crippen LogP contribution in [0.3, 0.4) is 0 Å². The Morgan fingerprint density at radius 3 is 2.30 bits per heavy atom. The van der Waals surface area contributed by atoms with E-state index in [1.54, 1.807) is 18.2 Å². The van der Waals surface area contributed by atoms with Crippen molar-refractivity contribution >= 4 is 33.0 Å². The molecule has 4 rings (SSSR count). The third kappa shape index (κ3) is 4.59. The van der Waals surface area contributed by atoms with Gasteiger partial charge in [-0.15, -0.1) is 11.3 Å². The monoisotopic (exact) mass is 436 g/mol. The van der Waals surface area contributed by atoms with Crippen LogP contribution in [0.1, 0.15) is 40.9 Å². The maximum atomic E-state index is 13.0. The van der Waals surface area contributed by atoms with Crippen LogP contribution in [0.5, 0.6) is 0 Å². The van der Waals surface area contributed by atoms with Gasteiger partial charge in [0, 0.05) is 33.4 Å². The number of carbonyl (C=O) groups is 1. The number of amides is 1. The maximum Gasteiger partial charge on any atom is 0.425 e. The molecular weight excluding hydrogens is 416 g/mol. The molecule has 2 N–H and O–H groups in total. The number of anilines is 1. The summed E-state index contributed by atoms with van der Waals surface area (Å²) in [6.45, 7) is 0. The van der Waals surface area contributed by atoms with E-state index < -0.39 is 11.1 Å². The average Bonchev–Trinajstić information content (AvgIpc) is 3.16. The topological polar surface area (TPSA) is 41.1 Å². The highest BCUT2D eigenvalue weighted by molar-refractivity contribution is 7.19. The predicted molar refractivity (Wildman–Crippen MR) is 110 cm³/mol. The molecule has 3 aromatic rings. The zero-order valence-corrected chi connectivity index (χ0v) is 16.7. The molecule has 2 aromatic carbocycles. The van der Waals surface area contributed by atoms with Gasteiger partial charge in [-0.05, 0) is 68.1 Å². The molecule has 8 heteroatoms. The van der Waals surface area contributed by atoms with Crippen molar-refractivity contribution < 1.29 is 22.4 Å². The number of alkyl halides is 3. The molecule has 0 saturated heterocycles. The highest BCUT2D eigenvalue weighted by Gasteiger charge is 2.33. The number of carbonyl (C=O) groups excluding carboxylic acids is 1. The fourth-order valence-corrected chi connectivity index (χ4v) is 4.75. The van der Waals surface area contributed by atoms with Crippen molar-refractivity contribution in [2.45, 2.75) is 43.9 Å². The molecule has 1 aromatic heterocycles. The normalized spacial score (nSPS) is 19.6. The molecular formula is C22H20F4N2OS. The first kappa shape index (κ1) is 20.7. The second-order valence-electron chi connectivity index (χ2n) is 7.50. The number of hydrogen-bond donors (Lipinski definition) is 2. The number of nitrogens with one attached hydrogen (secondary N) is 2. The zero-order valence-electron chi connectivity index (χ0n) is 15.9. The van der Waals surface area contributed by atoms with E-state index in [1.807, 2.05) is 0 Å². The summed E-state index contributed by atoms with van der Waals surface area (Å²) in [5.74, 6) is -0.616. The molecule has 3 nitrogen and oxygen atoms in total. The standard InChI is InChI=1S/C22H20F4N2OS/c23-14-6-4-13(5-7-14)21(29)28-16-10-8-15(9-11-16)27-18-2-1-3-19-17(18)12-20(30-19)22(24,25)26/h1-7,12,15-16,27H,8-11H2,(H,28,29). The third-order valence-electron chi connectivity index (χ3n) is 5.37. The highest BCUT2D eigenvalue weighted by Crippen LogP contribution is 2.40. The van der Waals surface area contributed by atoms with Crippen LogP contribution in [-0.4, -0.2) is 18.0 Å². The minimum atomic E-state index is -4.35. The molecule has 1 saturated carbocycles. The SMILES string of the molecule is O=C(NC1CCC(Nc2cccc3sc(C(F)(F)F)cc23)CC1)c1ccc(F)cc1. The van der Waals surface area contributed by atoms with Crippen LogP contribution < -0.4 is 10.6 Å². The molecule has 0 spiro atoms. The van der Waals surface area contributed by atoms with Crippen LogP contribution in [0.15, 0.2) is 48.5 Å². The minimum absolute atomic E-state index is 0.0226. The molecule has 0 unspecified atom stereocenters. The van der Waals surface area contributed by atoms with Crippen molar-refractivity contribution in [1.29, 1.82) is 0 Å². The van der Waals surface area contributed by atoms with Gasteiger partial charge in [0.1, 0.15) is 10.7 Å². The first-order chi connectivity index (χ1) is 14.3. The smallest absolute Gasteiger partial charge is 0.382 e. The van der Waals surface area contributed by atoms with Crippen molar-refractivity contribution in [3.63, 3.8) is 0 Å². The van der Waals surface area contributed by atoms with Crippen molar-refractivity contribution in [2.24, 2.45) is 0 Å². The van der Waals surface area contributed by atoms with Crippen LogP contribution in [0, 0.1) is 5.82 Å². The van der Waals surface area contributed by atoms with Crippen molar-refractivity contribution in [2.75, 3.05) is 5.32 Å². The van der Waals surface area contributed by atoms with Gasteiger partial charge in [-0.1, -0.05) is 6.07 Å². The summed E-state index contributed by atoms with van der Waals surface area (Å²) >= 11 is 0.750. The summed E-state index contributed by atoms with van der Waals surface area (Å²) in [5, 5.41) is 6.95. The molecule has 0 bridgehead atoms. The van der Waals surface area contributed by atoms with Crippen molar-refractivity contribution in [3.05, 3.63) is 64.8 Å². The minimum Gasteiger partial charge on any atom is -0.382 e. The number of halogens is 4. The van der Waals surface area contributed by atoms with Crippen molar-refractivity contribution in [1.82, 2.24) is 5.32 Å². The van der Waals surface area contributed by atoms with E-state index in [9.17, 15) is 22.4 Å². The van der Waals surface area contributed by atoms with Gasteiger partial charge < -0.3 is 10.6 Å². The number of hydrogen-bond acceptors (Lipinski definition) is 3. The Morgan fingerprint density at radius 2 is 1.63 bits per heavy atom. The summed E-state index contributed by atoms with van der Waals surface area (Å²) in [5.41, 5.74) is 1.12. The summed E-state index contributed by atoms with van der Waals surface area (Å²) in [6.07, 6.45) is -1.24. The van der Waals surface area contributed by atoms with Gasteiger partial charge in [-0.3, -0.25) is 4.79 Å². The van der Waals surface area contributed by atoms with Crippen LogP contribution in [0.2, 0.25) is 0 Å². The van der Waals surface area contributed by atoms with E-state index in [4.69, 9.17) is 0 Å². The second kappa shape index (κ2) is 8.26. The zero-order chi connectivity index (χ0) is 21.3. The lowest BCUT2D eigenvalue weighted by Gasteiger charge is -2.30. The molecule has 0 atom stereocenters. The summed E-state index contributed by atoms with van der Waals surface area (Å²) < 4.78 is 52.7. The predicted octanol–water partition coefficient (Wildman–Crippen LogP) is 6.21. The quantitative estimate of drug-likeness (QED) is 0.477. The lowest BCUT2D eigenvalue weighted by Crippen LogP contribution is -2.40. The first-order valence-electron chi connectivity index (χ1n) is 9.72. The van der Waals surface area contributed by atoms with Gasteiger partial charge in [-0.25, -0.2) is 4.39 Å². The molecule has 1 fully saturated rings. The van der Waals surface area contributed by atoms with E-state index in [-0.39, 0.29) is 23.8 Å². The lowest BCUT2D eigenvalue weighted by atomic mass is 9.90. The van der Waals surface area contributed by atoms with Gasteiger partial charge in [0.15, 0.2) is 0 Å². The molecule has 30 heavy (non-hydrogen) atoms. The summed E-state index contributed by atoms with van der Waals surface area (Å²) in [7, 11) is 0. The number of fused-ring (bicyclic) bond motifs is 1. The Kier molecular flexibility index (Phi) is 5.69. The average molecular weight is 436 g/mol. The molecule has 1 aliphatic rings. The fourth-order valence-electron chi connectivity index (χ4n) is 3.80. The molecule has 0 aliphatic heterocycles. The Hall–Kier alpha value is -2.61. The van der Waals surface area contributed by atoms with Crippen LogP contribution in [0.4, 0.5) is 23.2 Å². The molecule has 1 heterocycles.